The molecule has 3 heterocycles. The molecule has 1 aromatic carbocycles. The van der Waals surface area contributed by atoms with Crippen molar-refractivity contribution in [3.63, 3.8) is 0 Å². The van der Waals surface area contributed by atoms with Gasteiger partial charge in [-0.15, -0.1) is 11.8 Å². The number of anilines is 1. The second-order valence-corrected chi connectivity index (χ2v) is 9.90. The number of hydrogen-bond acceptors (Lipinski definition) is 5. The summed E-state index contributed by atoms with van der Waals surface area (Å²) in [5.74, 6) is -3.37. The van der Waals surface area contributed by atoms with Crippen molar-refractivity contribution >= 4 is 55.9 Å². The van der Waals surface area contributed by atoms with Gasteiger partial charge in [0, 0.05) is 23.3 Å². The number of fused-ring (bicyclic) bond motifs is 1. The molecule has 1 atom stereocenters. The van der Waals surface area contributed by atoms with Gasteiger partial charge in [-0.25, -0.2) is 22.2 Å². The summed E-state index contributed by atoms with van der Waals surface area (Å²) in [5.41, 5.74) is -1.09. The maximum atomic E-state index is 15.0. The van der Waals surface area contributed by atoms with E-state index in [1.54, 1.807) is 11.5 Å². The van der Waals surface area contributed by atoms with Crippen LogP contribution >= 0.6 is 23.4 Å². The van der Waals surface area contributed by atoms with Gasteiger partial charge < -0.3 is 4.98 Å². The zero-order valence-electron chi connectivity index (χ0n) is 14.4. The molecule has 150 valence electrons. The van der Waals surface area contributed by atoms with Crippen molar-refractivity contribution in [3.05, 3.63) is 69.9 Å². The SMILES string of the molecule is O=C(c1c(F)ccc(NS(=O)(=O)C2CC=CS2)c1F)c1c[nH]c2ncc(Cl)cc12. The first-order valence-corrected chi connectivity index (χ1v) is 11.1. The van der Waals surface area contributed by atoms with Crippen molar-refractivity contribution < 1.29 is 22.0 Å². The van der Waals surface area contributed by atoms with Crippen LogP contribution in [0.4, 0.5) is 14.5 Å². The van der Waals surface area contributed by atoms with E-state index in [0.29, 0.717) is 11.0 Å². The average molecular weight is 456 g/mol. The number of sulfonamides is 1. The number of halogens is 3. The fourth-order valence-corrected chi connectivity index (χ4v) is 5.58. The molecule has 1 unspecified atom stereocenters. The van der Waals surface area contributed by atoms with E-state index in [-0.39, 0.29) is 17.0 Å². The summed E-state index contributed by atoms with van der Waals surface area (Å²) in [6, 6.07) is 3.23. The number of nitrogens with one attached hydrogen (secondary N) is 2. The quantitative estimate of drug-likeness (QED) is 0.555. The third-order valence-electron chi connectivity index (χ3n) is 4.31. The fourth-order valence-electron chi connectivity index (χ4n) is 2.92. The minimum absolute atomic E-state index is 0.0386. The maximum absolute atomic E-state index is 15.0. The highest BCUT2D eigenvalue weighted by Gasteiger charge is 2.30. The summed E-state index contributed by atoms with van der Waals surface area (Å²) in [5, 5.41) is 2.17. The van der Waals surface area contributed by atoms with Crippen molar-refractivity contribution in [1.29, 1.82) is 0 Å². The van der Waals surface area contributed by atoms with Crippen LogP contribution < -0.4 is 4.72 Å². The molecule has 0 amide bonds. The number of nitrogens with zero attached hydrogens (tertiary/aromatic N) is 1. The lowest BCUT2D eigenvalue weighted by atomic mass is 10.0. The number of ketones is 1. The molecule has 1 aliphatic rings. The van der Waals surface area contributed by atoms with Crippen LogP contribution in [0.15, 0.2) is 42.1 Å². The summed E-state index contributed by atoms with van der Waals surface area (Å²) in [7, 11) is -3.94. The van der Waals surface area contributed by atoms with Gasteiger partial charge >= 0.3 is 0 Å². The second kappa shape index (κ2) is 7.43. The highest BCUT2D eigenvalue weighted by atomic mass is 35.5. The Morgan fingerprint density at radius 3 is 2.86 bits per heavy atom. The van der Waals surface area contributed by atoms with Crippen molar-refractivity contribution in [2.45, 2.75) is 11.0 Å². The summed E-state index contributed by atoms with van der Waals surface area (Å²) in [6.07, 6.45) is 4.58. The topological polar surface area (TPSA) is 91.9 Å². The highest BCUT2D eigenvalue weighted by molar-refractivity contribution is 8.15. The van der Waals surface area contributed by atoms with Gasteiger partial charge in [0.15, 0.2) is 5.82 Å². The number of rotatable bonds is 5. The standard InChI is InChI=1S/C18H12ClF2N3O3S2/c19-9-6-10-11(8-23-18(10)22-7-9)17(25)15-12(20)3-4-13(16(15)21)24-29(26,27)14-2-1-5-28-14/h1,3-8,14,24H,2H2,(H,22,23). The third kappa shape index (κ3) is 3.63. The molecule has 1 aliphatic heterocycles. The van der Waals surface area contributed by atoms with Gasteiger partial charge in [0.1, 0.15) is 16.0 Å². The molecule has 4 rings (SSSR count). The maximum Gasteiger partial charge on any atom is 0.245 e. The number of H-pyrrole nitrogens is 1. The molecular weight excluding hydrogens is 444 g/mol. The van der Waals surface area contributed by atoms with E-state index in [1.807, 2.05) is 0 Å². The molecule has 0 fully saturated rings. The number of allylic oxidation sites excluding steroid dienone is 1. The summed E-state index contributed by atoms with van der Waals surface area (Å²) < 4.78 is 55.5. The molecular formula is C18H12ClF2N3O3S2. The van der Waals surface area contributed by atoms with Gasteiger partial charge in [0.25, 0.3) is 0 Å². The zero-order valence-corrected chi connectivity index (χ0v) is 16.8. The number of thioether (sulfide) groups is 1. The molecule has 0 radical (unpaired) electrons. The van der Waals surface area contributed by atoms with Crippen LogP contribution in [0.25, 0.3) is 11.0 Å². The third-order valence-corrected chi connectivity index (χ3v) is 7.85. The summed E-state index contributed by atoms with van der Waals surface area (Å²) >= 11 is 6.97. The summed E-state index contributed by atoms with van der Waals surface area (Å²) in [6.45, 7) is 0. The Kier molecular flexibility index (Phi) is 5.09. The van der Waals surface area contributed by atoms with E-state index in [2.05, 4.69) is 14.7 Å². The lowest BCUT2D eigenvalue weighted by molar-refractivity contribution is 0.103. The van der Waals surface area contributed by atoms with E-state index in [4.69, 9.17) is 11.6 Å². The van der Waals surface area contributed by atoms with Crippen LogP contribution in [-0.2, 0) is 10.0 Å². The van der Waals surface area contributed by atoms with Crippen LogP contribution in [0, 0.1) is 11.6 Å². The van der Waals surface area contributed by atoms with Gasteiger partial charge in [0.05, 0.1) is 16.3 Å². The van der Waals surface area contributed by atoms with Gasteiger partial charge in [-0.1, -0.05) is 17.7 Å². The van der Waals surface area contributed by atoms with Gasteiger partial charge in [0.2, 0.25) is 15.8 Å². The number of aromatic nitrogens is 2. The average Bonchev–Trinajstić information content (AvgIpc) is 3.34. The number of aromatic amines is 1. The summed E-state index contributed by atoms with van der Waals surface area (Å²) in [4.78, 5) is 19.6. The first-order valence-electron chi connectivity index (χ1n) is 8.25. The molecule has 29 heavy (non-hydrogen) atoms. The monoisotopic (exact) mass is 455 g/mol. The number of pyridine rings is 1. The van der Waals surface area contributed by atoms with Crippen molar-refractivity contribution in [1.82, 2.24) is 9.97 Å². The van der Waals surface area contributed by atoms with Crippen molar-refractivity contribution in [2.24, 2.45) is 0 Å². The van der Waals surface area contributed by atoms with E-state index in [1.165, 1.54) is 18.5 Å². The van der Waals surface area contributed by atoms with E-state index < -0.39 is 43.3 Å². The molecule has 0 spiro atoms. The number of carbonyl (C=O) groups excluding carboxylic acids is 1. The van der Waals surface area contributed by atoms with E-state index in [9.17, 15) is 17.6 Å². The molecule has 0 saturated heterocycles. The first-order chi connectivity index (χ1) is 13.8. The molecule has 3 aromatic rings. The predicted octanol–water partition coefficient (Wildman–Crippen LogP) is 4.44. The minimum atomic E-state index is -3.94. The Labute approximate surface area is 173 Å². The highest BCUT2D eigenvalue weighted by Crippen LogP contribution is 2.32. The van der Waals surface area contributed by atoms with E-state index in [0.717, 1.165) is 23.9 Å². The van der Waals surface area contributed by atoms with Gasteiger partial charge in [-0.3, -0.25) is 9.52 Å². The Balaban J connectivity index is 1.75. The lowest BCUT2D eigenvalue weighted by Gasteiger charge is -2.15. The number of benzene rings is 1. The van der Waals surface area contributed by atoms with Gasteiger partial charge in [-0.2, -0.15) is 0 Å². The second-order valence-electron chi connectivity index (χ2n) is 6.19. The molecule has 2 N–H and O–H groups in total. The van der Waals surface area contributed by atoms with Crippen molar-refractivity contribution in [2.75, 3.05) is 4.72 Å². The first kappa shape index (κ1) is 19.9. The largest absolute Gasteiger partial charge is 0.345 e. The Morgan fingerprint density at radius 2 is 2.14 bits per heavy atom. The van der Waals surface area contributed by atoms with Crippen LogP contribution in [0.2, 0.25) is 5.02 Å². The lowest BCUT2D eigenvalue weighted by Crippen LogP contribution is -2.24. The van der Waals surface area contributed by atoms with Crippen LogP contribution in [0.3, 0.4) is 0 Å². The molecule has 0 aliphatic carbocycles. The minimum Gasteiger partial charge on any atom is -0.345 e. The molecule has 11 heteroatoms. The number of carbonyl (C=O) groups is 1. The Morgan fingerprint density at radius 1 is 1.34 bits per heavy atom. The normalized spacial score (nSPS) is 16.4. The molecule has 6 nitrogen and oxygen atoms in total. The zero-order chi connectivity index (χ0) is 20.8. The fraction of sp³-hybridized carbons (Fsp3) is 0.111. The molecule has 0 saturated carbocycles. The van der Waals surface area contributed by atoms with E-state index >= 15 is 4.39 Å². The Hall–Kier alpha value is -2.43. The van der Waals surface area contributed by atoms with Crippen LogP contribution in [0.1, 0.15) is 22.3 Å². The van der Waals surface area contributed by atoms with Crippen LogP contribution in [-0.4, -0.2) is 28.8 Å². The molecule has 2 aromatic heterocycles. The van der Waals surface area contributed by atoms with Crippen molar-refractivity contribution in [3.8, 4) is 0 Å². The molecule has 0 bridgehead atoms. The smallest absolute Gasteiger partial charge is 0.245 e. The Bertz CT molecular complexity index is 1270. The van der Waals surface area contributed by atoms with Gasteiger partial charge in [-0.05, 0) is 30.0 Å². The predicted molar refractivity (Wildman–Crippen MR) is 109 cm³/mol. The van der Waals surface area contributed by atoms with Crippen LogP contribution in [0.5, 0.6) is 0 Å². The number of hydrogen-bond donors (Lipinski definition) is 2.